The van der Waals surface area contributed by atoms with Crippen LogP contribution in [0.5, 0.6) is 17.2 Å². The molecule has 0 radical (unpaired) electrons. The van der Waals surface area contributed by atoms with Gasteiger partial charge in [0.1, 0.15) is 29.6 Å². The van der Waals surface area contributed by atoms with Crippen molar-refractivity contribution in [2.24, 2.45) is 0 Å². The lowest BCUT2D eigenvalue weighted by atomic mass is 9.95. The minimum Gasteiger partial charge on any atom is -0.507 e. The molecule has 4 rings (SSSR count). The summed E-state index contributed by atoms with van der Waals surface area (Å²) in [7, 11) is 3.15. The molecule has 0 saturated carbocycles. The lowest BCUT2D eigenvalue weighted by Gasteiger charge is -2.25. The third-order valence-electron chi connectivity index (χ3n) is 5.68. The van der Waals surface area contributed by atoms with Crippen molar-refractivity contribution < 1.29 is 28.9 Å². The number of ether oxygens (including phenoxy) is 3. The molecule has 0 bridgehead atoms. The van der Waals surface area contributed by atoms with Gasteiger partial charge in [-0.15, -0.1) is 0 Å². The molecule has 1 N–H and O–H groups in total. The smallest absolute Gasteiger partial charge is 0.295 e. The zero-order valence-electron chi connectivity index (χ0n) is 18.9. The van der Waals surface area contributed by atoms with E-state index in [-0.39, 0.29) is 24.5 Å². The van der Waals surface area contributed by atoms with E-state index in [1.165, 1.54) is 4.90 Å². The average molecular weight is 459 g/mol. The molecule has 174 valence electrons. The Morgan fingerprint density at radius 3 is 1.97 bits per heavy atom. The molecule has 1 amide bonds. The Balaban J connectivity index is 1.65. The molecule has 1 heterocycles. The number of likely N-dealkylation sites (tertiary alicyclic amines) is 1. The molecular formula is C27H25NO6. The van der Waals surface area contributed by atoms with Crippen LogP contribution in [0.1, 0.15) is 17.2 Å². The van der Waals surface area contributed by atoms with Gasteiger partial charge in [0, 0.05) is 5.56 Å². The van der Waals surface area contributed by atoms with Gasteiger partial charge in [0.2, 0.25) is 0 Å². The highest BCUT2D eigenvalue weighted by molar-refractivity contribution is 6.46. The van der Waals surface area contributed by atoms with Crippen LogP contribution in [-0.4, -0.2) is 49.1 Å². The molecule has 1 atom stereocenters. The lowest BCUT2D eigenvalue weighted by molar-refractivity contribution is -0.140. The number of Topliss-reactive ketones (excluding diaryl/α,β-unsaturated/α-hetero) is 1. The van der Waals surface area contributed by atoms with Crippen molar-refractivity contribution in [1.82, 2.24) is 4.90 Å². The highest BCUT2D eigenvalue weighted by Crippen LogP contribution is 2.39. The predicted molar refractivity (Wildman–Crippen MR) is 127 cm³/mol. The van der Waals surface area contributed by atoms with Crippen molar-refractivity contribution in [3.05, 3.63) is 95.6 Å². The number of ketones is 1. The number of methoxy groups -OCH3 is 2. The number of hydrogen-bond acceptors (Lipinski definition) is 6. The molecule has 1 aliphatic heterocycles. The first-order chi connectivity index (χ1) is 16.5. The molecule has 0 aliphatic carbocycles. The van der Waals surface area contributed by atoms with Gasteiger partial charge in [-0.1, -0.05) is 42.5 Å². The molecule has 1 fully saturated rings. The second-order valence-corrected chi connectivity index (χ2v) is 7.66. The number of aliphatic hydroxyl groups excluding tert-OH is 1. The molecule has 1 aliphatic rings. The van der Waals surface area contributed by atoms with Crippen LogP contribution in [0.15, 0.2) is 84.4 Å². The first kappa shape index (κ1) is 22.9. The Kier molecular flexibility index (Phi) is 6.82. The second kappa shape index (κ2) is 10.1. The zero-order valence-corrected chi connectivity index (χ0v) is 18.9. The molecule has 1 saturated heterocycles. The van der Waals surface area contributed by atoms with Gasteiger partial charge in [0.25, 0.3) is 11.7 Å². The van der Waals surface area contributed by atoms with Crippen LogP contribution < -0.4 is 14.2 Å². The van der Waals surface area contributed by atoms with Crippen molar-refractivity contribution in [3.8, 4) is 17.2 Å². The molecule has 3 aromatic rings. The standard InChI is InChI=1S/C27H25NO6/c1-32-20-10-8-18(9-11-20)24-23(25(29)19-6-4-3-5-7-19)26(30)27(31)28(24)16-17-34-22-14-12-21(33-2)13-15-22/h3-15,24,29H,16-17H2,1-2H3/b25-23-. The van der Waals surface area contributed by atoms with Crippen LogP contribution >= 0.6 is 0 Å². The summed E-state index contributed by atoms with van der Waals surface area (Å²) in [5.41, 5.74) is 1.20. The Morgan fingerprint density at radius 2 is 1.38 bits per heavy atom. The number of nitrogens with zero attached hydrogens (tertiary/aromatic N) is 1. The van der Waals surface area contributed by atoms with Crippen molar-refractivity contribution >= 4 is 17.4 Å². The third-order valence-corrected chi connectivity index (χ3v) is 5.68. The van der Waals surface area contributed by atoms with E-state index in [2.05, 4.69) is 0 Å². The fourth-order valence-corrected chi connectivity index (χ4v) is 3.93. The first-order valence-electron chi connectivity index (χ1n) is 10.8. The van der Waals surface area contributed by atoms with Gasteiger partial charge < -0.3 is 24.2 Å². The number of benzene rings is 3. The summed E-state index contributed by atoms with van der Waals surface area (Å²) >= 11 is 0. The molecule has 34 heavy (non-hydrogen) atoms. The Morgan fingerprint density at radius 1 is 0.824 bits per heavy atom. The van der Waals surface area contributed by atoms with Crippen LogP contribution in [0.4, 0.5) is 0 Å². The van der Waals surface area contributed by atoms with Crippen molar-refractivity contribution in [2.75, 3.05) is 27.4 Å². The number of aliphatic hydroxyl groups is 1. The van der Waals surface area contributed by atoms with Crippen molar-refractivity contribution in [3.63, 3.8) is 0 Å². The van der Waals surface area contributed by atoms with Crippen molar-refractivity contribution in [2.45, 2.75) is 6.04 Å². The summed E-state index contributed by atoms with van der Waals surface area (Å²) in [4.78, 5) is 27.5. The minimum atomic E-state index is -0.759. The number of hydrogen-bond donors (Lipinski definition) is 1. The van der Waals surface area contributed by atoms with Gasteiger partial charge in [-0.2, -0.15) is 0 Å². The number of rotatable bonds is 8. The minimum absolute atomic E-state index is 0.0471. The summed E-state index contributed by atoms with van der Waals surface area (Å²) in [6.45, 7) is 0.316. The van der Waals surface area contributed by atoms with Gasteiger partial charge in [0.05, 0.1) is 32.4 Å². The van der Waals surface area contributed by atoms with E-state index in [0.29, 0.717) is 28.4 Å². The van der Waals surface area contributed by atoms with E-state index in [4.69, 9.17) is 14.2 Å². The number of carbonyl (C=O) groups excluding carboxylic acids is 2. The van der Waals surface area contributed by atoms with E-state index in [1.54, 1.807) is 87.0 Å². The Hall–Kier alpha value is -4.26. The largest absolute Gasteiger partial charge is 0.507 e. The summed E-state index contributed by atoms with van der Waals surface area (Å²) in [5, 5.41) is 11.0. The van der Waals surface area contributed by atoms with E-state index < -0.39 is 17.7 Å². The molecule has 0 aromatic heterocycles. The fourth-order valence-electron chi connectivity index (χ4n) is 3.93. The molecule has 1 unspecified atom stereocenters. The van der Waals surface area contributed by atoms with E-state index >= 15 is 0 Å². The summed E-state index contributed by atoms with van der Waals surface area (Å²) < 4.78 is 16.2. The highest BCUT2D eigenvalue weighted by Gasteiger charge is 2.45. The highest BCUT2D eigenvalue weighted by atomic mass is 16.5. The first-order valence-corrected chi connectivity index (χ1v) is 10.8. The van der Waals surface area contributed by atoms with E-state index in [0.717, 1.165) is 0 Å². The topological polar surface area (TPSA) is 85.3 Å². The van der Waals surface area contributed by atoms with Gasteiger partial charge in [-0.25, -0.2) is 0 Å². The van der Waals surface area contributed by atoms with Gasteiger partial charge in [-0.05, 0) is 42.0 Å². The van der Waals surface area contributed by atoms with E-state index in [1.807, 2.05) is 6.07 Å². The fraction of sp³-hybridized carbons (Fsp3) is 0.185. The molecular weight excluding hydrogens is 434 g/mol. The van der Waals surface area contributed by atoms with Crippen LogP contribution in [0.2, 0.25) is 0 Å². The molecule has 7 nitrogen and oxygen atoms in total. The van der Waals surface area contributed by atoms with Crippen LogP contribution in [-0.2, 0) is 9.59 Å². The van der Waals surface area contributed by atoms with Crippen LogP contribution in [0.25, 0.3) is 5.76 Å². The number of carbonyl (C=O) groups is 2. The Labute approximate surface area is 197 Å². The summed E-state index contributed by atoms with van der Waals surface area (Å²) in [5.74, 6) is 0.342. The van der Waals surface area contributed by atoms with Gasteiger partial charge in [0.15, 0.2) is 0 Å². The SMILES string of the molecule is COc1ccc(OCCN2C(=O)C(=O)/C(=C(\O)c3ccccc3)C2c2ccc(OC)cc2)cc1. The zero-order chi connectivity index (χ0) is 24.1. The third kappa shape index (κ3) is 4.59. The summed E-state index contributed by atoms with van der Waals surface area (Å²) in [6.07, 6.45) is 0. The van der Waals surface area contributed by atoms with Gasteiger partial charge >= 0.3 is 0 Å². The molecule has 3 aromatic carbocycles. The Bertz CT molecular complexity index is 1190. The van der Waals surface area contributed by atoms with Crippen LogP contribution in [0.3, 0.4) is 0 Å². The lowest BCUT2D eigenvalue weighted by Crippen LogP contribution is -2.33. The maximum absolute atomic E-state index is 13.1. The average Bonchev–Trinajstić information content (AvgIpc) is 3.14. The quantitative estimate of drug-likeness (QED) is 0.309. The maximum Gasteiger partial charge on any atom is 0.295 e. The predicted octanol–water partition coefficient (Wildman–Crippen LogP) is 4.20. The normalized spacial score (nSPS) is 17.0. The van der Waals surface area contributed by atoms with Crippen molar-refractivity contribution in [1.29, 1.82) is 0 Å². The molecule has 0 spiro atoms. The second-order valence-electron chi connectivity index (χ2n) is 7.66. The van der Waals surface area contributed by atoms with Gasteiger partial charge in [-0.3, -0.25) is 9.59 Å². The monoisotopic (exact) mass is 459 g/mol. The molecule has 7 heteroatoms. The van der Waals surface area contributed by atoms with Crippen LogP contribution in [0, 0.1) is 0 Å². The maximum atomic E-state index is 13.1. The number of amides is 1. The summed E-state index contributed by atoms with van der Waals surface area (Å²) in [6, 6.07) is 22.1. The van der Waals surface area contributed by atoms with E-state index in [9.17, 15) is 14.7 Å².